The van der Waals surface area contributed by atoms with Crippen molar-refractivity contribution in [2.75, 3.05) is 30.3 Å². The zero-order chi connectivity index (χ0) is 24.4. The maximum Gasteiger partial charge on any atom is 0.289 e. The normalized spacial score (nSPS) is 16.5. The predicted molar refractivity (Wildman–Crippen MR) is 143 cm³/mol. The minimum absolute atomic E-state index is 0.115. The van der Waals surface area contributed by atoms with E-state index in [0.29, 0.717) is 35.8 Å². The van der Waals surface area contributed by atoms with E-state index < -0.39 is 0 Å². The van der Waals surface area contributed by atoms with Crippen molar-refractivity contribution in [2.24, 2.45) is 4.99 Å². The summed E-state index contributed by atoms with van der Waals surface area (Å²) in [6, 6.07) is 12.0. The fourth-order valence-electron chi connectivity index (χ4n) is 4.35. The lowest BCUT2D eigenvalue weighted by Gasteiger charge is -2.28. The highest BCUT2D eigenvalue weighted by atomic mass is 35.5. The third kappa shape index (κ3) is 4.92. The van der Waals surface area contributed by atoms with Gasteiger partial charge in [0.25, 0.3) is 6.02 Å². The SMILES string of the molecule is Clc1cc(Nc2ncnc3ccc(NC4=NC5(CCNCC5)CO4)cc23)ccc1OCc1nccs1. The van der Waals surface area contributed by atoms with Gasteiger partial charge in [-0.3, -0.25) is 0 Å². The smallest absolute Gasteiger partial charge is 0.289 e. The van der Waals surface area contributed by atoms with Crippen LogP contribution in [0.3, 0.4) is 0 Å². The van der Waals surface area contributed by atoms with Crippen LogP contribution in [-0.2, 0) is 11.3 Å². The van der Waals surface area contributed by atoms with Crippen LogP contribution in [0.5, 0.6) is 5.75 Å². The summed E-state index contributed by atoms with van der Waals surface area (Å²) in [6.45, 7) is 2.92. The van der Waals surface area contributed by atoms with Crippen LogP contribution in [0.1, 0.15) is 17.8 Å². The van der Waals surface area contributed by atoms with Gasteiger partial charge < -0.3 is 25.4 Å². The van der Waals surface area contributed by atoms with Crippen molar-refractivity contribution in [3.63, 3.8) is 0 Å². The van der Waals surface area contributed by atoms with E-state index in [1.54, 1.807) is 17.5 Å². The molecular formula is C25H24ClN7O2S. The van der Waals surface area contributed by atoms with E-state index in [-0.39, 0.29) is 5.54 Å². The van der Waals surface area contributed by atoms with E-state index in [4.69, 9.17) is 26.1 Å². The van der Waals surface area contributed by atoms with Gasteiger partial charge >= 0.3 is 0 Å². The number of aromatic nitrogens is 3. The Hall–Kier alpha value is -3.47. The van der Waals surface area contributed by atoms with Gasteiger partial charge in [0.2, 0.25) is 0 Å². The Morgan fingerprint density at radius 3 is 2.75 bits per heavy atom. The van der Waals surface area contributed by atoms with Crippen LogP contribution in [0.4, 0.5) is 17.2 Å². The molecule has 6 rings (SSSR count). The molecule has 2 aromatic heterocycles. The average molecular weight is 522 g/mol. The third-order valence-electron chi connectivity index (χ3n) is 6.27. The molecule has 9 nitrogen and oxygen atoms in total. The number of piperidine rings is 1. The van der Waals surface area contributed by atoms with E-state index >= 15 is 0 Å². The second-order valence-electron chi connectivity index (χ2n) is 8.74. The van der Waals surface area contributed by atoms with Crippen LogP contribution in [0.15, 0.2) is 59.3 Å². The molecular weight excluding hydrogens is 498 g/mol. The number of aliphatic imine (C=N–C) groups is 1. The van der Waals surface area contributed by atoms with Crippen LogP contribution < -0.4 is 20.7 Å². The molecule has 0 unspecified atom stereocenters. The molecule has 0 amide bonds. The molecule has 0 saturated carbocycles. The molecule has 184 valence electrons. The highest BCUT2D eigenvalue weighted by Gasteiger charge is 2.37. The van der Waals surface area contributed by atoms with E-state index in [1.807, 2.05) is 41.8 Å². The van der Waals surface area contributed by atoms with Crippen molar-refractivity contribution >= 4 is 57.1 Å². The van der Waals surface area contributed by atoms with Gasteiger partial charge in [0.1, 0.15) is 41.7 Å². The number of hydrogen-bond acceptors (Lipinski definition) is 10. The van der Waals surface area contributed by atoms with Gasteiger partial charge in [0.05, 0.1) is 10.5 Å². The standard InChI is InChI=1S/C25H24ClN7O2S/c26-19-12-17(2-4-21(19)34-13-22-28-9-10-36-22)31-23-18-11-16(1-3-20(18)29-15-30-23)32-24-33-25(14-35-24)5-7-27-8-6-25/h1-4,9-12,15,27H,5-8,13-14H2,(H,32,33)(H,29,30,31). The van der Waals surface area contributed by atoms with Crippen molar-refractivity contribution in [2.45, 2.75) is 25.0 Å². The van der Waals surface area contributed by atoms with Crippen LogP contribution in [0.2, 0.25) is 5.02 Å². The molecule has 11 heteroatoms. The Kier molecular flexibility index (Phi) is 6.30. The summed E-state index contributed by atoms with van der Waals surface area (Å²) in [4.78, 5) is 18.0. The van der Waals surface area contributed by atoms with E-state index in [9.17, 15) is 0 Å². The van der Waals surface area contributed by atoms with Gasteiger partial charge in [-0.15, -0.1) is 11.3 Å². The predicted octanol–water partition coefficient (Wildman–Crippen LogP) is 4.98. The zero-order valence-corrected chi connectivity index (χ0v) is 20.9. The van der Waals surface area contributed by atoms with Crippen LogP contribution >= 0.6 is 22.9 Å². The Morgan fingerprint density at radius 1 is 1.06 bits per heavy atom. The molecule has 2 aliphatic rings. The molecule has 0 atom stereocenters. The summed E-state index contributed by atoms with van der Waals surface area (Å²) in [6.07, 6.45) is 5.25. The van der Waals surface area contributed by atoms with Gasteiger partial charge in [-0.2, -0.15) is 0 Å². The molecule has 2 aromatic carbocycles. The molecule has 1 fully saturated rings. The van der Waals surface area contributed by atoms with Crippen molar-refractivity contribution in [1.82, 2.24) is 20.3 Å². The van der Waals surface area contributed by atoms with Gasteiger partial charge in [-0.25, -0.2) is 19.9 Å². The van der Waals surface area contributed by atoms with E-state index in [1.165, 1.54) is 6.33 Å². The maximum atomic E-state index is 6.48. The molecule has 4 heterocycles. The number of rotatable bonds is 6. The number of nitrogens with one attached hydrogen (secondary N) is 3. The Labute approximate surface area is 217 Å². The number of ether oxygens (including phenoxy) is 2. The number of fused-ring (bicyclic) bond motifs is 1. The van der Waals surface area contributed by atoms with Crippen molar-refractivity contribution < 1.29 is 9.47 Å². The molecule has 1 saturated heterocycles. The lowest BCUT2D eigenvalue weighted by Crippen LogP contribution is -2.41. The average Bonchev–Trinajstić information content (AvgIpc) is 3.55. The van der Waals surface area contributed by atoms with Crippen molar-refractivity contribution in [3.05, 3.63) is 64.3 Å². The minimum atomic E-state index is -0.115. The monoisotopic (exact) mass is 521 g/mol. The minimum Gasteiger partial charge on any atom is -0.485 e. The lowest BCUT2D eigenvalue weighted by molar-refractivity contribution is 0.214. The summed E-state index contributed by atoms with van der Waals surface area (Å²) in [5, 5.41) is 14.2. The number of benzene rings is 2. The Bertz CT molecular complexity index is 1410. The first-order valence-electron chi connectivity index (χ1n) is 11.7. The van der Waals surface area contributed by atoms with Crippen molar-refractivity contribution in [3.8, 4) is 5.75 Å². The van der Waals surface area contributed by atoms with Gasteiger partial charge in [-0.05, 0) is 62.3 Å². The topological polar surface area (TPSA) is 106 Å². The quantitative estimate of drug-likeness (QED) is 0.326. The fraction of sp³-hybridized carbons (Fsp3) is 0.280. The van der Waals surface area contributed by atoms with Gasteiger partial charge in [0, 0.05) is 28.3 Å². The molecule has 4 aromatic rings. The number of thiazole rings is 1. The number of hydrogen-bond donors (Lipinski definition) is 3. The van der Waals surface area contributed by atoms with E-state index in [0.717, 1.165) is 53.2 Å². The first kappa shape index (κ1) is 23.0. The molecule has 0 bridgehead atoms. The van der Waals surface area contributed by atoms with Crippen LogP contribution in [0.25, 0.3) is 10.9 Å². The molecule has 0 aliphatic carbocycles. The number of anilines is 3. The molecule has 0 radical (unpaired) electrons. The molecule has 36 heavy (non-hydrogen) atoms. The van der Waals surface area contributed by atoms with Crippen LogP contribution in [-0.4, -0.2) is 46.2 Å². The molecule has 1 spiro atoms. The fourth-order valence-corrected chi connectivity index (χ4v) is 5.11. The first-order valence-corrected chi connectivity index (χ1v) is 12.9. The second kappa shape index (κ2) is 9.88. The number of nitrogens with zero attached hydrogens (tertiary/aromatic N) is 4. The summed E-state index contributed by atoms with van der Waals surface area (Å²) in [5.41, 5.74) is 2.34. The zero-order valence-electron chi connectivity index (χ0n) is 19.3. The summed E-state index contributed by atoms with van der Waals surface area (Å²) >= 11 is 8.02. The number of halogens is 1. The first-order chi connectivity index (χ1) is 17.7. The highest BCUT2D eigenvalue weighted by Crippen LogP contribution is 2.32. The lowest BCUT2D eigenvalue weighted by atomic mass is 9.91. The van der Waals surface area contributed by atoms with Gasteiger partial charge in [0.15, 0.2) is 0 Å². The van der Waals surface area contributed by atoms with Gasteiger partial charge in [-0.1, -0.05) is 11.6 Å². The maximum absolute atomic E-state index is 6.48. The molecule has 3 N–H and O–H groups in total. The van der Waals surface area contributed by atoms with E-state index in [2.05, 4.69) is 30.9 Å². The Balaban J connectivity index is 1.19. The second-order valence-corrected chi connectivity index (χ2v) is 10.1. The Morgan fingerprint density at radius 2 is 1.92 bits per heavy atom. The van der Waals surface area contributed by atoms with Crippen LogP contribution in [0, 0.1) is 0 Å². The highest BCUT2D eigenvalue weighted by molar-refractivity contribution is 7.09. The molecule has 2 aliphatic heterocycles. The number of amidine groups is 1. The summed E-state index contributed by atoms with van der Waals surface area (Å²) < 4.78 is 11.7. The largest absolute Gasteiger partial charge is 0.485 e. The summed E-state index contributed by atoms with van der Waals surface area (Å²) in [5.74, 6) is 1.26. The third-order valence-corrected chi connectivity index (χ3v) is 7.31. The van der Waals surface area contributed by atoms with Crippen molar-refractivity contribution in [1.29, 1.82) is 0 Å². The summed E-state index contributed by atoms with van der Waals surface area (Å²) in [7, 11) is 0.